The monoisotopic (exact) mass is 258 g/mol. The maximum Gasteiger partial charge on any atom is 0.223 e. The molecule has 0 aliphatic heterocycles. The van der Waals surface area contributed by atoms with Crippen LogP contribution in [-0.2, 0) is 0 Å². The third kappa shape index (κ3) is 3.40. The molecule has 2 heterocycles. The van der Waals surface area contributed by atoms with Crippen LogP contribution in [0, 0.1) is 6.92 Å². The van der Waals surface area contributed by atoms with Crippen molar-refractivity contribution in [1.82, 2.24) is 15.0 Å². The zero-order valence-corrected chi connectivity index (χ0v) is 11.5. The van der Waals surface area contributed by atoms with Crippen LogP contribution in [0.2, 0.25) is 0 Å². The van der Waals surface area contributed by atoms with Gasteiger partial charge >= 0.3 is 0 Å². The van der Waals surface area contributed by atoms with Gasteiger partial charge in [0.25, 0.3) is 0 Å². The van der Waals surface area contributed by atoms with Crippen molar-refractivity contribution in [2.75, 3.05) is 18.5 Å². The molecule has 0 atom stereocenters. The molecule has 0 unspecified atom stereocenters. The van der Waals surface area contributed by atoms with E-state index in [0.717, 1.165) is 29.2 Å². The summed E-state index contributed by atoms with van der Waals surface area (Å²) in [5.74, 6) is 1.39. The Bertz CT molecular complexity index is 557. The van der Waals surface area contributed by atoms with Gasteiger partial charge < -0.3 is 10.1 Å². The highest BCUT2D eigenvalue weighted by Crippen LogP contribution is 2.22. The largest absolute Gasteiger partial charge is 0.492 e. The predicted octanol–water partition coefficient (Wildman–Crippen LogP) is 2.68. The summed E-state index contributed by atoms with van der Waals surface area (Å²) in [5, 5.41) is 3.12. The van der Waals surface area contributed by atoms with Gasteiger partial charge in [-0.05, 0) is 32.9 Å². The number of nitrogens with one attached hydrogen (secondary N) is 1. The molecule has 0 aromatic carbocycles. The first-order valence-electron chi connectivity index (χ1n) is 6.40. The van der Waals surface area contributed by atoms with Gasteiger partial charge in [-0.15, -0.1) is 0 Å². The van der Waals surface area contributed by atoms with E-state index >= 15 is 0 Å². The van der Waals surface area contributed by atoms with Gasteiger partial charge in [0.1, 0.15) is 5.75 Å². The first-order chi connectivity index (χ1) is 9.22. The Morgan fingerprint density at radius 2 is 2.00 bits per heavy atom. The number of ether oxygens (including phenoxy) is 1. The van der Waals surface area contributed by atoms with Crippen LogP contribution in [0.25, 0.3) is 11.3 Å². The van der Waals surface area contributed by atoms with Crippen LogP contribution in [0.1, 0.15) is 19.5 Å². The van der Waals surface area contributed by atoms with Gasteiger partial charge in [-0.1, -0.05) is 0 Å². The number of nitrogens with zero attached hydrogens (tertiary/aromatic N) is 3. The summed E-state index contributed by atoms with van der Waals surface area (Å²) in [5.41, 5.74) is 2.69. The van der Waals surface area contributed by atoms with E-state index < -0.39 is 0 Å². The zero-order chi connectivity index (χ0) is 13.7. The average Bonchev–Trinajstić information content (AvgIpc) is 2.39. The Hall–Kier alpha value is -2.17. The second-order valence-corrected chi connectivity index (χ2v) is 4.09. The number of hydrogen-bond donors (Lipinski definition) is 1. The third-order valence-electron chi connectivity index (χ3n) is 2.51. The Morgan fingerprint density at radius 1 is 1.16 bits per heavy atom. The highest BCUT2D eigenvalue weighted by Gasteiger charge is 2.06. The predicted molar refractivity (Wildman–Crippen MR) is 75.3 cm³/mol. The van der Waals surface area contributed by atoms with Crippen LogP contribution in [0.3, 0.4) is 0 Å². The molecule has 2 aromatic rings. The van der Waals surface area contributed by atoms with Crippen molar-refractivity contribution < 1.29 is 4.74 Å². The lowest BCUT2D eigenvalue weighted by Gasteiger charge is -2.08. The van der Waals surface area contributed by atoms with Crippen molar-refractivity contribution >= 4 is 5.95 Å². The molecule has 0 saturated heterocycles. The van der Waals surface area contributed by atoms with Gasteiger partial charge in [0.05, 0.1) is 18.5 Å². The topological polar surface area (TPSA) is 59.9 Å². The van der Waals surface area contributed by atoms with Crippen molar-refractivity contribution in [3.8, 4) is 17.0 Å². The molecule has 0 bridgehead atoms. The minimum absolute atomic E-state index is 0.622. The number of hydrogen-bond acceptors (Lipinski definition) is 5. The van der Waals surface area contributed by atoms with E-state index in [1.807, 2.05) is 32.9 Å². The molecule has 0 fully saturated rings. The molecule has 1 N–H and O–H groups in total. The van der Waals surface area contributed by atoms with Crippen LogP contribution in [0.4, 0.5) is 5.95 Å². The van der Waals surface area contributed by atoms with Crippen molar-refractivity contribution in [2.24, 2.45) is 0 Å². The molecule has 100 valence electrons. The Labute approximate surface area is 113 Å². The van der Waals surface area contributed by atoms with Gasteiger partial charge in [0.2, 0.25) is 5.95 Å². The minimum Gasteiger partial charge on any atom is -0.492 e. The third-order valence-corrected chi connectivity index (χ3v) is 2.51. The summed E-state index contributed by atoms with van der Waals surface area (Å²) in [4.78, 5) is 13.0. The maximum absolute atomic E-state index is 5.45. The molecule has 0 amide bonds. The molecule has 2 rings (SSSR count). The number of anilines is 1. The Morgan fingerprint density at radius 3 is 2.74 bits per heavy atom. The summed E-state index contributed by atoms with van der Waals surface area (Å²) in [6, 6.07) is 3.88. The summed E-state index contributed by atoms with van der Waals surface area (Å²) in [6.07, 6.45) is 3.48. The van der Waals surface area contributed by atoms with Crippen molar-refractivity contribution in [3.05, 3.63) is 30.2 Å². The molecule has 5 nitrogen and oxygen atoms in total. The number of aryl methyl sites for hydroxylation is 1. The van der Waals surface area contributed by atoms with E-state index in [2.05, 4.69) is 20.3 Å². The lowest BCUT2D eigenvalue weighted by molar-refractivity contribution is 0.339. The van der Waals surface area contributed by atoms with E-state index in [1.54, 1.807) is 12.4 Å². The first-order valence-corrected chi connectivity index (χ1v) is 6.40. The fourth-order valence-electron chi connectivity index (χ4n) is 1.76. The summed E-state index contributed by atoms with van der Waals surface area (Å²) < 4.78 is 5.45. The summed E-state index contributed by atoms with van der Waals surface area (Å²) in [7, 11) is 0. The second kappa shape index (κ2) is 6.13. The summed E-state index contributed by atoms with van der Waals surface area (Å²) in [6.45, 7) is 7.33. The van der Waals surface area contributed by atoms with Crippen molar-refractivity contribution in [1.29, 1.82) is 0 Å². The standard InChI is InChI=1S/C14H18N4O/c1-4-16-14-17-10(3)6-13(18-14)11-7-12(19-5-2)9-15-8-11/h6-9H,4-5H2,1-3H3,(H,16,17,18). The number of pyridine rings is 1. The van der Waals surface area contributed by atoms with E-state index in [0.29, 0.717) is 12.6 Å². The molecular weight excluding hydrogens is 240 g/mol. The molecule has 0 spiro atoms. The van der Waals surface area contributed by atoms with Crippen LogP contribution < -0.4 is 10.1 Å². The van der Waals surface area contributed by atoms with E-state index in [4.69, 9.17) is 4.74 Å². The van der Waals surface area contributed by atoms with Gasteiger partial charge in [-0.2, -0.15) is 0 Å². The smallest absolute Gasteiger partial charge is 0.223 e. The van der Waals surface area contributed by atoms with Crippen molar-refractivity contribution in [2.45, 2.75) is 20.8 Å². The normalized spacial score (nSPS) is 10.3. The highest BCUT2D eigenvalue weighted by molar-refractivity contribution is 5.61. The summed E-state index contributed by atoms with van der Waals surface area (Å²) >= 11 is 0. The van der Waals surface area contributed by atoms with Crippen molar-refractivity contribution in [3.63, 3.8) is 0 Å². The van der Waals surface area contributed by atoms with Crippen LogP contribution in [-0.4, -0.2) is 28.1 Å². The SMILES string of the molecule is CCNc1nc(C)cc(-c2cncc(OCC)c2)n1. The highest BCUT2D eigenvalue weighted by atomic mass is 16.5. The fraction of sp³-hybridized carbons (Fsp3) is 0.357. The van der Waals surface area contributed by atoms with E-state index in [9.17, 15) is 0 Å². The lowest BCUT2D eigenvalue weighted by atomic mass is 10.2. The Kier molecular flexibility index (Phi) is 4.28. The molecule has 19 heavy (non-hydrogen) atoms. The van der Waals surface area contributed by atoms with E-state index in [-0.39, 0.29) is 0 Å². The average molecular weight is 258 g/mol. The Balaban J connectivity index is 2.37. The second-order valence-electron chi connectivity index (χ2n) is 4.09. The molecule has 0 aliphatic rings. The molecule has 5 heteroatoms. The van der Waals surface area contributed by atoms with Gasteiger partial charge in [0.15, 0.2) is 0 Å². The van der Waals surface area contributed by atoms with Gasteiger partial charge in [0, 0.05) is 24.0 Å². The van der Waals surface area contributed by atoms with Gasteiger partial charge in [-0.3, -0.25) is 4.98 Å². The van der Waals surface area contributed by atoms with Crippen LogP contribution in [0.15, 0.2) is 24.5 Å². The van der Waals surface area contributed by atoms with Crippen LogP contribution in [0.5, 0.6) is 5.75 Å². The maximum atomic E-state index is 5.45. The molecule has 0 radical (unpaired) electrons. The molecule has 0 aliphatic carbocycles. The zero-order valence-electron chi connectivity index (χ0n) is 11.5. The fourth-order valence-corrected chi connectivity index (χ4v) is 1.76. The molecule has 0 saturated carbocycles. The first kappa shape index (κ1) is 13.3. The molecular formula is C14H18N4O. The quantitative estimate of drug-likeness (QED) is 0.893. The molecule has 2 aromatic heterocycles. The van der Waals surface area contributed by atoms with E-state index in [1.165, 1.54) is 0 Å². The van der Waals surface area contributed by atoms with Gasteiger partial charge in [-0.25, -0.2) is 9.97 Å². The minimum atomic E-state index is 0.622. The number of aromatic nitrogens is 3. The van der Waals surface area contributed by atoms with Crippen LogP contribution >= 0.6 is 0 Å². The number of rotatable bonds is 5. The lowest BCUT2D eigenvalue weighted by Crippen LogP contribution is -2.04.